The summed E-state index contributed by atoms with van der Waals surface area (Å²) in [6.07, 6.45) is 1.87. The van der Waals surface area contributed by atoms with Gasteiger partial charge in [-0.15, -0.1) is 0 Å². The molecule has 0 bridgehead atoms. The van der Waals surface area contributed by atoms with Crippen molar-refractivity contribution in [1.29, 1.82) is 0 Å². The average molecular weight is 306 g/mol. The van der Waals surface area contributed by atoms with E-state index in [0.717, 1.165) is 12.8 Å². The molecule has 1 rings (SSSR count). The van der Waals surface area contributed by atoms with Crippen molar-refractivity contribution < 1.29 is 19.1 Å². The zero-order chi connectivity index (χ0) is 16.5. The molecule has 1 aromatic rings. The molecule has 0 spiro atoms. The predicted octanol–water partition coefficient (Wildman–Crippen LogP) is 4.09. The Morgan fingerprint density at radius 3 is 1.55 bits per heavy atom. The zero-order valence-electron chi connectivity index (χ0n) is 13.9. The van der Waals surface area contributed by atoms with Crippen LogP contribution in [0.4, 0.5) is 0 Å². The third-order valence-corrected chi connectivity index (χ3v) is 3.76. The topological polar surface area (TPSA) is 52.6 Å². The fourth-order valence-electron chi connectivity index (χ4n) is 1.67. The maximum absolute atomic E-state index is 12.2. The summed E-state index contributed by atoms with van der Waals surface area (Å²) in [6.45, 7) is 8.81. The molecule has 0 fully saturated rings. The van der Waals surface area contributed by atoms with Crippen molar-refractivity contribution in [1.82, 2.24) is 0 Å². The summed E-state index contributed by atoms with van der Waals surface area (Å²) in [4.78, 5) is 24.3. The Kier molecular flexibility index (Phi) is 7.64. The first-order valence-corrected chi connectivity index (χ1v) is 7.92. The highest BCUT2D eigenvalue weighted by atomic mass is 16.5. The van der Waals surface area contributed by atoms with Crippen LogP contribution < -0.4 is 0 Å². The van der Waals surface area contributed by atoms with Crippen molar-refractivity contribution in [3.8, 4) is 0 Å². The largest absolute Gasteiger partial charge is 0.462 e. The van der Waals surface area contributed by atoms with E-state index in [0.29, 0.717) is 25.0 Å². The summed E-state index contributed by atoms with van der Waals surface area (Å²) in [6, 6.07) is 6.62. The molecule has 0 aliphatic rings. The minimum absolute atomic E-state index is 0.264. The van der Waals surface area contributed by atoms with Gasteiger partial charge in [-0.05, 0) is 24.0 Å². The van der Waals surface area contributed by atoms with Crippen molar-refractivity contribution in [2.24, 2.45) is 11.8 Å². The van der Waals surface area contributed by atoms with Crippen LogP contribution in [0.2, 0.25) is 0 Å². The van der Waals surface area contributed by atoms with E-state index in [4.69, 9.17) is 9.47 Å². The first-order chi connectivity index (χ1) is 10.5. The second kappa shape index (κ2) is 9.23. The summed E-state index contributed by atoms with van der Waals surface area (Å²) in [5.41, 5.74) is 0.528. The molecule has 0 N–H and O–H groups in total. The zero-order valence-corrected chi connectivity index (χ0v) is 13.9. The van der Waals surface area contributed by atoms with Gasteiger partial charge >= 0.3 is 11.9 Å². The Hall–Kier alpha value is -1.84. The van der Waals surface area contributed by atoms with Gasteiger partial charge in [0.1, 0.15) is 0 Å². The number of ether oxygens (including phenoxy) is 2. The molecule has 0 amide bonds. The molecular weight excluding hydrogens is 280 g/mol. The van der Waals surface area contributed by atoms with Gasteiger partial charge in [0.05, 0.1) is 24.3 Å². The van der Waals surface area contributed by atoms with Gasteiger partial charge in [0.25, 0.3) is 0 Å². The van der Waals surface area contributed by atoms with Gasteiger partial charge < -0.3 is 9.47 Å². The van der Waals surface area contributed by atoms with E-state index < -0.39 is 11.9 Å². The van der Waals surface area contributed by atoms with Crippen LogP contribution in [0.25, 0.3) is 0 Å². The molecule has 122 valence electrons. The maximum Gasteiger partial charge on any atom is 0.339 e. The predicted molar refractivity (Wildman–Crippen MR) is 85.9 cm³/mol. The second-order valence-corrected chi connectivity index (χ2v) is 5.77. The second-order valence-electron chi connectivity index (χ2n) is 5.77. The summed E-state index contributed by atoms with van der Waals surface area (Å²) < 4.78 is 10.5. The molecule has 0 radical (unpaired) electrons. The number of hydrogen-bond acceptors (Lipinski definition) is 4. The monoisotopic (exact) mass is 306 g/mol. The molecule has 0 aliphatic heterocycles. The SMILES string of the molecule is CC[C@H](C)COC(=O)c1ccccc1C(=O)OC[C@@H](C)CC. The number of carbonyl (C=O) groups is 2. The van der Waals surface area contributed by atoms with E-state index in [1.54, 1.807) is 24.3 Å². The normalized spacial score (nSPS) is 13.3. The lowest BCUT2D eigenvalue weighted by atomic mass is 10.1. The maximum atomic E-state index is 12.2. The van der Waals surface area contributed by atoms with E-state index in [9.17, 15) is 9.59 Å². The van der Waals surface area contributed by atoms with Crippen LogP contribution in [-0.4, -0.2) is 25.2 Å². The Morgan fingerprint density at radius 1 is 0.864 bits per heavy atom. The van der Waals surface area contributed by atoms with E-state index in [-0.39, 0.29) is 11.1 Å². The number of rotatable bonds is 8. The number of esters is 2. The Balaban J connectivity index is 2.76. The Labute approximate surface area is 132 Å². The number of hydrogen-bond donors (Lipinski definition) is 0. The van der Waals surface area contributed by atoms with E-state index >= 15 is 0 Å². The van der Waals surface area contributed by atoms with Gasteiger partial charge in [-0.3, -0.25) is 0 Å². The highest BCUT2D eigenvalue weighted by Crippen LogP contribution is 2.14. The average Bonchev–Trinajstić information content (AvgIpc) is 2.56. The smallest absolute Gasteiger partial charge is 0.339 e. The van der Waals surface area contributed by atoms with Gasteiger partial charge in [0, 0.05) is 0 Å². The molecule has 0 unspecified atom stereocenters. The lowest BCUT2D eigenvalue weighted by Crippen LogP contribution is -2.18. The fraction of sp³-hybridized carbons (Fsp3) is 0.556. The van der Waals surface area contributed by atoms with Gasteiger partial charge in [0.15, 0.2) is 0 Å². The van der Waals surface area contributed by atoms with Crippen LogP contribution in [0.15, 0.2) is 24.3 Å². The number of carbonyl (C=O) groups excluding carboxylic acids is 2. The fourth-order valence-corrected chi connectivity index (χ4v) is 1.67. The molecule has 0 aromatic heterocycles. The van der Waals surface area contributed by atoms with Crippen molar-refractivity contribution in [2.45, 2.75) is 40.5 Å². The van der Waals surface area contributed by atoms with Crippen LogP contribution in [-0.2, 0) is 9.47 Å². The van der Waals surface area contributed by atoms with Crippen LogP contribution in [0.5, 0.6) is 0 Å². The standard InChI is InChI=1S/C18H26O4/c1-5-13(3)11-21-17(19)15-9-7-8-10-16(15)18(20)22-12-14(4)6-2/h7-10,13-14H,5-6,11-12H2,1-4H3/t13-,14-/m0/s1. The third-order valence-electron chi connectivity index (χ3n) is 3.76. The molecule has 22 heavy (non-hydrogen) atoms. The number of benzene rings is 1. The molecule has 0 saturated carbocycles. The molecule has 0 aliphatic carbocycles. The van der Waals surface area contributed by atoms with E-state index in [1.165, 1.54) is 0 Å². The van der Waals surface area contributed by atoms with Gasteiger partial charge in [-0.1, -0.05) is 52.7 Å². The highest BCUT2D eigenvalue weighted by Gasteiger charge is 2.19. The highest BCUT2D eigenvalue weighted by molar-refractivity contribution is 6.03. The first kappa shape index (κ1) is 18.2. The quantitative estimate of drug-likeness (QED) is 0.679. The van der Waals surface area contributed by atoms with Crippen LogP contribution in [0, 0.1) is 11.8 Å². The van der Waals surface area contributed by atoms with Crippen LogP contribution in [0.3, 0.4) is 0 Å². The Morgan fingerprint density at radius 2 is 1.23 bits per heavy atom. The molecule has 1 aromatic carbocycles. The van der Waals surface area contributed by atoms with E-state index in [2.05, 4.69) is 0 Å². The molecule has 2 atom stereocenters. The minimum Gasteiger partial charge on any atom is -0.462 e. The van der Waals surface area contributed by atoms with Crippen LogP contribution >= 0.6 is 0 Å². The molecular formula is C18H26O4. The molecule has 4 heteroatoms. The summed E-state index contributed by atoms with van der Waals surface area (Å²) >= 11 is 0. The molecule has 4 nitrogen and oxygen atoms in total. The lowest BCUT2D eigenvalue weighted by Gasteiger charge is -2.13. The molecule has 0 saturated heterocycles. The minimum atomic E-state index is -0.476. The Bertz CT molecular complexity index is 451. The summed E-state index contributed by atoms with van der Waals surface area (Å²) in [7, 11) is 0. The van der Waals surface area contributed by atoms with Gasteiger partial charge in [-0.2, -0.15) is 0 Å². The van der Waals surface area contributed by atoms with Gasteiger partial charge in [0.2, 0.25) is 0 Å². The van der Waals surface area contributed by atoms with Crippen molar-refractivity contribution in [3.05, 3.63) is 35.4 Å². The van der Waals surface area contributed by atoms with Crippen molar-refractivity contribution in [2.75, 3.05) is 13.2 Å². The van der Waals surface area contributed by atoms with Gasteiger partial charge in [-0.25, -0.2) is 9.59 Å². The van der Waals surface area contributed by atoms with Crippen molar-refractivity contribution >= 4 is 11.9 Å². The third kappa shape index (κ3) is 5.51. The first-order valence-electron chi connectivity index (χ1n) is 7.92. The summed E-state index contributed by atoms with van der Waals surface area (Å²) in [5.74, 6) is -0.352. The van der Waals surface area contributed by atoms with Crippen LogP contribution in [0.1, 0.15) is 61.3 Å². The molecule has 0 heterocycles. The summed E-state index contributed by atoms with van der Waals surface area (Å²) in [5, 5.41) is 0. The van der Waals surface area contributed by atoms with E-state index in [1.807, 2.05) is 27.7 Å². The van der Waals surface area contributed by atoms with Crippen molar-refractivity contribution in [3.63, 3.8) is 0 Å². The lowest BCUT2D eigenvalue weighted by molar-refractivity contribution is 0.0400.